The quantitative estimate of drug-likeness (QED) is 0.784. The van der Waals surface area contributed by atoms with Crippen molar-refractivity contribution < 1.29 is 4.79 Å². The summed E-state index contributed by atoms with van der Waals surface area (Å²) in [4.78, 5) is 15.3. The van der Waals surface area contributed by atoms with Crippen molar-refractivity contribution in [2.24, 2.45) is 0 Å². The van der Waals surface area contributed by atoms with Crippen molar-refractivity contribution in [1.82, 2.24) is 4.90 Å². The standard InChI is InChI=1S/C19H21NO.ClH/c21-19-17-9-8-14-6-2-3-7-15(14)16(17)10-11-18(19)20-12-4-1-5-13-20;/h2-3,6-9,18H,1,4-5,10-13H2;1H. The summed E-state index contributed by atoms with van der Waals surface area (Å²) < 4.78 is 0. The Morgan fingerprint density at radius 1 is 0.955 bits per heavy atom. The van der Waals surface area contributed by atoms with Gasteiger partial charge >= 0.3 is 0 Å². The first-order chi connectivity index (χ1) is 10.3. The van der Waals surface area contributed by atoms with E-state index in [0.29, 0.717) is 5.78 Å². The highest BCUT2D eigenvalue weighted by molar-refractivity contribution is 6.06. The van der Waals surface area contributed by atoms with Crippen LogP contribution in [0.25, 0.3) is 10.8 Å². The molecule has 1 saturated heterocycles. The molecule has 2 aromatic carbocycles. The predicted octanol–water partition coefficient (Wildman–Crippen LogP) is 4.25. The molecule has 4 rings (SSSR count). The van der Waals surface area contributed by atoms with E-state index in [4.69, 9.17) is 0 Å². The van der Waals surface area contributed by atoms with Crippen molar-refractivity contribution in [3.63, 3.8) is 0 Å². The third kappa shape index (κ3) is 2.55. The summed E-state index contributed by atoms with van der Waals surface area (Å²) in [5, 5.41) is 2.51. The first kappa shape index (κ1) is 15.5. The van der Waals surface area contributed by atoms with E-state index in [-0.39, 0.29) is 18.4 Å². The number of hydrogen-bond acceptors (Lipinski definition) is 2. The van der Waals surface area contributed by atoms with E-state index in [1.165, 1.54) is 35.6 Å². The molecule has 2 aromatic rings. The van der Waals surface area contributed by atoms with Crippen molar-refractivity contribution in [3.05, 3.63) is 47.5 Å². The summed E-state index contributed by atoms with van der Waals surface area (Å²) in [7, 11) is 0. The lowest BCUT2D eigenvalue weighted by atomic mass is 9.83. The van der Waals surface area contributed by atoms with Gasteiger partial charge in [-0.1, -0.05) is 42.8 Å². The number of ketones is 1. The third-order valence-corrected chi connectivity index (χ3v) is 5.11. The second-order valence-electron chi connectivity index (χ2n) is 6.33. The zero-order valence-electron chi connectivity index (χ0n) is 12.8. The summed E-state index contributed by atoms with van der Waals surface area (Å²) in [6.07, 6.45) is 5.82. The number of fused-ring (bicyclic) bond motifs is 3. The van der Waals surface area contributed by atoms with Gasteiger partial charge in [-0.25, -0.2) is 0 Å². The Bertz CT molecular complexity index is 691. The molecular weight excluding hydrogens is 294 g/mol. The lowest BCUT2D eigenvalue weighted by Crippen LogP contribution is -2.46. The number of carbonyl (C=O) groups excluding carboxylic acids is 1. The summed E-state index contributed by atoms with van der Waals surface area (Å²) in [5.41, 5.74) is 2.24. The van der Waals surface area contributed by atoms with Gasteiger partial charge in [-0.3, -0.25) is 9.69 Å². The smallest absolute Gasteiger partial charge is 0.180 e. The lowest BCUT2D eigenvalue weighted by molar-refractivity contribution is 0.0753. The molecule has 1 fully saturated rings. The summed E-state index contributed by atoms with van der Waals surface area (Å²) >= 11 is 0. The zero-order valence-corrected chi connectivity index (χ0v) is 13.6. The first-order valence-corrected chi connectivity index (χ1v) is 8.13. The fourth-order valence-corrected chi connectivity index (χ4v) is 4.01. The lowest BCUT2D eigenvalue weighted by Gasteiger charge is -2.36. The average Bonchev–Trinajstić information content (AvgIpc) is 2.56. The maximum atomic E-state index is 12.9. The Morgan fingerprint density at radius 2 is 1.73 bits per heavy atom. The van der Waals surface area contributed by atoms with Crippen LogP contribution in [-0.2, 0) is 6.42 Å². The number of nitrogens with zero attached hydrogens (tertiary/aromatic N) is 1. The predicted molar refractivity (Wildman–Crippen MR) is 93.1 cm³/mol. The van der Waals surface area contributed by atoms with Gasteiger partial charge in [-0.2, -0.15) is 0 Å². The Morgan fingerprint density at radius 3 is 2.55 bits per heavy atom. The highest BCUT2D eigenvalue weighted by atomic mass is 35.5. The van der Waals surface area contributed by atoms with Crippen LogP contribution in [0.1, 0.15) is 41.6 Å². The molecule has 1 atom stereocenters. The Hall–Kier alpha value is -1.38. The monoisotopic (exact) mass is 315 g/mol. The van der Waals surface area contributed by atoms with Crippen molar-refractivity contribution in [1.29, 1.82) is 0 Å². The molecule has 1 unspecified atom stereocenters. The number of carbonyl (C=O) groups is 1. The molecule has 2 aliphatic rings. The minimum Gasteiger partial charge on any atom is -0.293 e. The number of aryl methyl sites for hydroxylation is 1. The molecule has 1 aliphatic heterocycles. The van der Waals surface area contributed by atoms with E-state index < -0.39 is 0 Å². The normalized spacial score (nSPS) is 22.2. The number of Topliss-reactive ketones (excluding diaryl/α,β-unsaturated/α-hetero) is 1. The van der Waals surface area contributed by atoms with Crippen LogP contribution in [0.5, 0.6) is 0 Å². The largest absolute Gasteiger partial charge is 0.293 e. The van der Waals surface area contributed by atoms with Gasteiger partial charge in [-0.05, 0) is 55.1 Å². The molecule has 0 bridgehead atoms. The van der Waals surface area contributed by atoms with E-state index in [9.17, 15) is 4.79 Å². The molecule has 0 saturated carbocycles. The van der Waals surface area contributed by atoms with Gasteiger partial charge in [0.15, 0.2) is 5.78 Å². The second kappa shape index (κ2) is 6.39. The van der Waals surface area contributed by atoms with E-state index in [1.807, 2.05) is 0 Å². The number of likely N-dealkylation sites (tertiary alicyclic amines) is 1. The van der Waals surface area contributed by atoms with E-state index in [1.54, 1.807) is 0 Å². The Kier molecular flexibility index (Phi) is 4.51. The van der Waals surface area contributed by atoms with Crippen LogP contribution in [0.2, 0.25) is 0 Å². The Labute approximate surface area is 137 Å². The van der Waals surface area contributed by atoms with Crippen molar-refractivity contribution in [2.75, 3.05) is 13.1 Å². The van der Waals surface area contributed by atoms with Crippen LogP contribution in [0.4, 0.5) is 0 Å². The van der Waals surface area contributed by atoms with Gasteiger partial charge in [0.1, 0.15) is 0 Å². The number of piperidine rings is 1. The molecule has 1 aliphatic carbocycles. The highest BCUT2D eigenvalue weighted by Gasteiger charge is 2.33. The third-order valence-electron chi connectivity index (χ3n) is 5.11. The van der Waals surface area contributed by atoms with Crippen LogP contribution in [0.15, 0.2) is 36.4 Å². The SMILES string of the molecule is Cl.O=C1c2ccc3ccccc3c2CCC1N1CCCCC1. The molecule has 0 amide bonds. The average molecular weight is 316 g/mol. The summed E-state index contributed by atoms with van der Waals surface area (Å²) in [6, 6.07) is 12.7. The van der Waals surface area contributed by atoms with Crippen LogP contribution in [-0.4, -0.2) is 29.8 Å². The molecule has 0 spiro atoms. The van der Waals surface area contributed by atoms with Gasteiger partial charge in [-0.15, -0.1) is 12.4 Å². The van der Waals surface area contributed by atoms with Gasteiger partial charge in [0.25, 0.3) is 0 Å². The molecule has 2 nitrogen and oxygen atoms in total. The zero-order chi connectivity index (χ0) is 14.2. The van der Waals surface area contributed by atoms with Gasteiger partial charge in [0.05, 0.1) is 6.04 Å². The first-order valence-electron chi connectivity index (χ1n) is 8.13. The number of halogens is 1. The fourth-order valence-electron chi connectivity index (χ4n) is 4.01. The van der Waals surface area contributed by atoms with E-state index in [0.717, 1.165) is 31.5 Å². The number of rotatable bonds is 1. The molecule has 3 heteroatoms. The van der Waals surface area contributed by atoms with E-state index >= 15 is 0 Å². The summed E-state index contributed by atoms with van der Waals surface area (Å²) in [5.74, 6) is 0.351. The van der Waals surface area contributed by atoms with Gasteiger partial charge in [0, 0.05) is 5.56 Å². The molecule has 22 heavy (non-hydrogen) atoms. The van der Waals surface area contributed by atoms with E-state index in [2.05, 4.69) is 41.3 Å². The fraction of sp³-hybridized carbons (Fsp3) is 0.421. The maximum absolute atomic E-state index is 12.9. The molecule has 0 radical (unpaired) electrons. The van der Waals surface area contributed by atoms with Crippen molar-refractivity contribution in [3.8, 4) is 0 Å². The van der Waals surface area contributed by atoms with Gasteiger partial charge in [0.2, 0.25) is 0 Å². The maximum Gasteiger partial charge on any atom is 0.180 e. The van der Waals surface area contributed by atoms with Gasteiger partial charge < -0.3 is 0 Å². The molecule has 116 valence electrons. The Balaban J connectivity index is 0.00000144. The summed E-state index contributed by atoms with van der Waals surface area (Å²) in [6.45, 7) is 2.19. The van der Waals surface area contributed by atoms with Crippen molar-refractivity contribution >= 4 is 29.0 Å². The van der Waals surface area contributed by atoms with Crippen LogP contribution in [0.3, 0.4) is 0 Å². The van der Waals surface area contributed by atoms with Crippen LogP contribution < -0.4 is 0 Å². The topological polar surface area (TPSA) is 20.3 Å². The minimum absolute atomic E-state index is 0. The minimum atomic E-state index is 0. The van der Waals surface area contributed by atoms with Crippen molar-refractivity contribution in [2.45, 2.75) is 38.1 Å². The molecule has 0 aromatic heterocycles. The van der Waals surface area contributed by atoms with Crippen LogP contribution in [0, 0.1) is 0 Å². The number of benzene rings is 2. The molecule has 1 heterocycles. The molecule has 0 N–H and O–H groups in total. The highest BCUT2D eigenvalue weighted by Crippen LogP contribution is 2.31. The van der Waals surface area contributed by atoms with Crippen LogP contribution >= 0.6 is 12.4 Å². The molecular formula is C19H22ClNO. The second-order valence-corrected chi connectivity index (χ2v) is 6.33. The number of hydrogen-bond donors (Lipinski definition) is 0.